The lowest BCUT2D eigenvalue weighted by Crippen LogP contribution is -2.50. The lowest BCUT2D eigenvalue weighted by molar-refractivity contribution is 0.249. The fourth-order valence-electron chi connectivity index (χ4n) is 3.40. The summed E-state index contributed by atoms with van der Waals surface area (Å²) in [6, 6.07) is 15.8. The third-order valence-corrected chi connectivity index (χ3v) is 13.0. The summed E-state index contributed by atoms with van der Waals surface area (Å²) in [7, 11) is -4.07. The van der Waals surface area contributed by atoms with Crippen LogP contribution in [-0.2, 0) is 0 Å². The average molecular weight is 500 g/mol. The van der Waals surface area contributed by atoms with Gasteiger partial charge in [-0.25, -0.2) is 14.3 Å². The van der Waals surface area contributed by atoms with Crippen molar-refractivity contribution in [1.82, 2.24) is 9.55 Å². The number of nitrogens with two attached hydrogens (primary N) is 2. The Morgan fingerprint density at radius 3 is 2.07 bits per heavy atom. The van der Waals surface area contributed by atoms with Crippen LogP contribution in [0, 0.1) is 0 Å². The molecule has 3 rings (SSSR count). The van der Waals surface area contributed by atoms with Crippen molar-refractivity contribution >= 4 is 54.6 Å². The molecule has 1 aromatic heterocycles. The van der Waals surface area contributed by atoms with Crippen molar-refractivity contribution in [2.24, 2.45) is 11.5 Å². The normalized spacial score (nSPS) is 14.0. The molecule has 0 radical (unpaired) electrons. The van der Waals surface area contributed by atoms with Crippen molar-refractivity contribution in [3.8, 4) is 0 Å². The molecule has 6 nitrogen and oxygen atoms in total. The van der Waals surface area contributed by atoms with Gasteiger partial charge in [0.2, 0.25) is 0 Å². The minimum absolute atomic E-state index is 0. The van der Waals surface area contributed by atoms with Crippen LogP contribution in [0.1, 0.15) is 6.92 Å². The number of rotatable bonds is 3. The highest BCUT2D eigenvalue weighted by Gasteiger charge is 2.63. The molecule has 1 heterocycles. The molecule has 8 heteroatoms. The van der Waals surface area contributed by atoms with E-state index in [0.29, 0.717) is 21.9 Å². The fraction of sp³-hybridized carbons (Fsp3) is 0.211. The maximum Gasteiger partial charge on any atom is 0.325 e. The first-order valence-electron chi connectivity index (χ1n) is 8.27. The molecule has 4 N–H and O–H groups in total. The summed E-state index contributed by atoms with van der Waals surface area (Å²) in [4.78, 5) is 31.1. The summed E-state index contributed by atoms with van der Waals surface area (Å²) in [5.74, 6) is 0.399. The molecule has 0 bridgehead atoms. The van der Waals surface area contributed by atoms with Gasteiger partial charge in [0.05, 0.1) is 11.0 Å². The van der Waals surface area contributed by atoms with Gasteiger partial charge in [0, 0.05) is 0 Å². The van der Waals surface area contributed by atoms with Gasteiger partial charge in [-0.1, -0.05) is 49.4 Å². The Hall–Kier alpha value is -2.07. The van der Waals surface area contributed by atoms with E-state index < -0.39 is 19.6 Å². The van der Waals surface area contributed by atoms with Gasteiger partial charge >= 0.3 is 6.03 Å². The largest absolute Gasteiger partial charge is 0.362 e. The summed E-state index contributed by atoms with van der Waals surface area (Å²) < 4.78 is 1.35. The Morgan fingerprint density at radius 2 is 1.56 bits per heavy atom. The molecule has 0 spiro atoms. The zero-order valence-corrected chi connectivity index (χ0v) is 18.7. The van der Waals surface area contributed by atoms with E-state index >= 15 is 0 Å². The lowest BCUT2D eigenvalue weighted by Gasteiger charge is -2.69. The molecule has 3 aromatic rings. The Labute approximate surface area is 174 Å². The topological polar surface area (TPSA) is 104 Å². The molecule has 0 saturated heterocycles. The fourth-order valence-corrected chi connectivity index (χ4v) is 7.37. The number of carbonyl (C=O) groups excluding carboxylic acids is 2. The number of fused-ring (bicyclic) bond motifs is 1. The monoisotopic (exact) mass is 500 g/mol. The predicted molar refractivity (Wildman–Crippen MR) is 123 cm³/mol. The van der Waals surface area contributed by atoms with Crippen molar-refractivity contribution < 1.29 is 9.59 Å². The number of carbonyl (C=O) groups is 2. The van der Waals surface area contributed by atoms with Crippen molar-refractivity contribution in [2.75, 3.05) is 18.3 Å². The van der Waals surface area contributed by atoms with Crippen LogP contribution in [0.3, 0.4) is 0 Å². The highest BCUT2D eigenvalue weighted by Crippen LogP contribution is 2.93. The van der Waals surface area contributed by atoms with E-state index in [2.05, 4.69) is 0 Å². The summed E-state index contributed by atoms with van der Waals surface area (Å²) in [6.07, 6.45) is 3.72. The minimum atomic E-state index is -4.07. The smallest absolute Gasteiger partial charge is 0.325 e. The summed E-state index contributed by atoms with van der Waals surface area (Å²) in [5.41, 5.74) is 13.0. The van der Waals surface area contributed by atoms with Gasteiger partial charge in [-0.3, -0.25) is 4.79 Å². The van der Waals surface area contributed by atoms with Gasteiger partial charge in [-0.05, 0) is 35.3 Å². The number of benzene rings is 2. The van der Waals surface area contributed by atoms with E-state index in [4.69, 9.17) is 16.5 Å². The number of aromatic nitrogens is 2. The van der Waals surface area contributed by atoms with Crippen molar-refractivity contribution in [3.05, 3.63) is 54.6 Å². The number of imidazole rings is 1. The Bertz CT molecular complexity index is 1060. The molecule has 0 aliphatic carbocycles. The maximum absolute atomic E-state index is 13.2. The second kappa shape index (κ2) is 6.23. The summed E-state index contributed by atoms with van der Waals surface area (Å²) in [6.45, 7) is 1.91. The number of hydrogen-bond acceptors (Lipinski definition) is 3. The van der Waals surface area contributed by atoms with E-state index in [1.165, 1.54) is 4.57 Å². The van der Waals surface area contributed by atoms with Crippen LogP contribution in [-0.4, -0.2) is 39.1 Å². The summed E-state index contributed by atoms with van der Waals surface area (Å²) in [5, 5.41) is -0.156. The van der Waals surface area contributed by atoms with E-state index in [1.54, 1.807) is 18.2 Å². The average Bonchev–Trinajstić information content (AvgIpc) is 3.04. The second-order valence-electron chi connectivity index (χ2n) is 7.43. The third-order valence-electron chi connectivity index (χ3n) is 5.80. The van der Waals surface area contributed by atoms with Crippen LogP contribution < -0.4 is 11.5 Å². The maximum atomic E-state index is 13.2. The zero-order chi connectivity index (χ0) is 19.2. The van der Waals surface area contributed by atoms with Crippen LogP contribution in [0.5, 0.6) is 0 Å². The molecule has 2 amide bonds. The number of primary amides is 2. The number of amides is 2. The van der Waals surface area contributed by atoms with Crippen LogP contribution in [0.25, 0.3) is 11.0 Å². The van der Waals surface area contributed by atoms with Crippen molar-refractivity contribution in [1.29, 1.82) is 0 Å². The van der Waals surface area contributed by atoms with Crippen LogP contribution in [0.15, 0.2) is 64.6 Å². The molecule has 0 unspecified atom stereocenters. The van der Waals surface area contributed by atoms with Gasteiger partial charge in [0.1, 0.15) is 0 Å². The number of para-hydroxylation sites is 2. The van der Waals surface area contributed by atoms with Gasteiger partial charge in [0.25, 0.3) is 5.24 Å². The van der Waals surface area contributed by atoms with Crippen LogP contribution in [0.4, 0.5) is 9.59 Å². The minimum Gasteiger partial charge on any atom is -0.362 e. The van der Waals surface area contributed by atoms with Gasteiger partial charge in [-0.2, -0.15) is 0 Å². The molecule has 2 aromatic carbocycles. The van der Waals surface area contributed by atoms with Crippen LogP contribution in [0.2, 0.25) is 0 Å². The van der Waals surface area contributed by atoms with Crippen molar-refractivity contribution in [3.63, 3.8) is 0 Å². The Balaban J connectivity index is 0.00000261. The lowest BCUT2D eigenvalue weighted by atomic mass is 10.3. The molecule has 27 heavy (non-hydrogen) atoms. The zero-order valence-electron chi connectivity index (χ0n) is 15.6. The van der Waals surface area contributed by atoms with E-state index in [0.717, 1.165) is 4.90 Å². The Kier molecular flexibility index (Phi) is 4.90. The first-order chi connectivity index (χ1) is 12.1. The Morgan fingerprint density at radius 1 is 1.00 bits per heavy atom. The molecular weight excluding hydrogens is 475 g/mol. The van der Waals surface area contributed by atoms with Gasteiger partial charge in [-0.15, -0.1) is 32.3 Å². The first-order valence-corrected chi connectivity index (χ1v) is 11.7. The quantitative estimate of drug-likeness (QED) is 0.526. The molecule has 146 valence electrons. The highest BCUT2D eigenvalue weighted by molar-refractivity contribution is 14.0. The highest BCUT2D eigenvalue weighted by atomic mass is 127. The van der Waals surface area contributed by atoms with E-state index in [1.807, 2.05) is 55.8 Å². The summed E-state index contributed by atoms with van der Waals surface area (Å²) >= 11 is 0. The number of nitrogens with zero attached hydrogens (tertiary/aromatic N) is 2. The number of hydrogen-bond donors (Lipinski definition) is 2. The van der Waals surface area contributed by atoms with E-state index in [-0.39, 0.29) is 24.0 Å². The molecule has 0 saturated carbocycles. The molecule has 0 aliphatic heterocycles. The predicted octanol–water partition coefficient (Wildman–Crippen LogP) is 4.23. The third kappa shape index (κ3) is 2.49. The van der Waals surface area contributed by atoms with Gasteiger partial charge < -0.3 is 11.5 Å². The second-order valence-corrected chi connectivity index (χ2v) is 15.1. The van der Waals surface area contributed by atoms with Crippen LogP contribution >= 0.6 is 32.3 Å². The van der Waals surface area contributed by atoms with E-state index in [9.17, 15) is 9.59 Å². The van der Waals surface area contributed by atoms with Crippen molar-refractivity contribution in [2.45, 2.75) is 17.0 Å². The molecule has 0 atom stereocenters. The molecule has 0 fully saturated rings. The number of halogens is 1. The molecule has 0 aliphatic rings. The first kappa shape index (κ1) is 21.2. The van der Waals surface area contributed by atoms with Gasteiger partial charge in [0.15, 0.2) is 5.16 Å². The molecular formula is C19H25IN4O2S. The standard InChI is InChI=1S/C19H24N4O2S.HI/c1-4-26(2,3,18(21)25,14-10-6-5-7-11-14)19-22-15-12-8-9-13-16(15)23(19)17(20)24;/h5-13H,4H2,1-3H3,(H2,20,24)(H2,21,25);1H. The SMILES string of the molecule is CCS(C)(C)(C(N)=O)(c1ccccc1)c1nc2ccccc2n1C(N)=O.I.